The predicted octanol–water partition coefficient (Wildman–Crippen LogP) is 2.51. The third-order valence-corrected chi connectivity index (χ3v) is 4.88. The molecule has 0 saturated carbocycles. The van der Waals surface area contributed by atoms with E-state index >= 15 is 0 Å². The molecule has 1 fully saturated rings. The zero-order valence-corrected chi connectivity index (χ0v) is 14.4. The van der Waals surface area contributed by atoms with Gasteiger partial charge in [0.2, 0.25) is 12.2 Å². The van der Waals surface area contributed by atoms with Crippen LogP contribution in [-0.2, 0) is 19.1 Å². The lowest BCUT2D eigenvalue weighted by molar-refractivity contribution is -0.166. The lowest BCUT2D eigenvalue weighted by Gasteiger charge is -2.45. The highest BCUT2D eigenvalue weighted by atomic mass is 32.2. The van der Waals surface area contributed by atoms with Crippen LogP contribution in [0.15, 0.2) is 41.8 Å². The minimum absolute atomic E-state index is 0.0556. The van der Waals surface area contributed by atoms with Crippen LogP contribution in [0.2, 0.25) is 0 Å². The van der Waals surface area contributed by atoms with Crippen LogP contribution in [0, 0.1) is 0 Å². The van der Waals surface area contributed by atoms with E-state index in [4.69, 9.17) is 14.2 Å². The number of nitrogens with zero attached hydrogens (tertiary/aromatic N) is 1. The third kappa shape index (κ3) is 3.67. The fraction of sp³-hybridized carbons (Fsp3) is 0.412. The first-order chi connectivity index (χ1) is 11.5. The molecule has 2 heterocycles. The Morgan fingerprint density at radius 3 is 2.79 bits per heavy atom. The molecule has 0 bridgehead atoms. The zero-order valence-electron chi connectivity index (χ0n) is 13.6. The van der Waals surface area contributed by atoms with Crippen LogP contribution < -0.4 is 4.74 Å². The Labute approximate surface area is 144 Å². The summed E-state index contributed by atoms with van der Waals surface area (Å²) >= 11 is 1.64. The maximum Gasteiger partial charge on any atom is 0.305 e. The van der Waals surface area contributed by atoms with E-state index in [9.17, 15) is 9.59 Å². The van der Waals surface area contributed by atoms with Crippen molar-refractivity contribution in [1.82, 2.24) is 4.90 Å². The first-order valence-corrected chi connectivity index (χ1v) is 8.77. The summed E-state index contributed by atoms with van der Waals surface area (Å²) in [5, 5.41) is 0.142. The predicted molar refractivity (Wildman–Crippen MR) is 89.0 cm³/mol. The molecule has 2 atom stereocenters. The van der Waals surface area contributed by atoms with Crippen molar-refractivity contribution in [2.75, 3.05) is 12.4 Å². The second-order valence-corrected chi connectivity index (χ2v) is 6.67. The van der Waals surface area contributed by atoms with Crippen LogP contribution in [0.3, 0.4) is 0 Å². The number of ether oxygens (including phenoxy) is 3. The number of benzene rings is 1. The standard InChI is InChI=1S/C17H19NO5S/c1-11(19)22-12(2)23-15-10-24-17-8-16(20)18(17)14(15)9-21-13-6-4-3-5-7-13/h3-7,12,17H,8-10H2,1-2H3/t12?,17-/m0/s1. The molecular formula is C17H19NO5S. The lowest BCUT2D eigenvalue weighted by atomic mass is 10.1. The van der Waals surface area contributed by atoms with Gasteiger partial charge in [-0.05, 0) is 12.1 Å². The highest BCUT2D eigenvalue weighted by molar-refractivity contribution is 8.00. The van der Waals surface area contributed by atoms with Crippen LogP contribution in [-0.4, -0.2) is 40.8 Å². The van der Waals surface area contributed by atoms with Gasteiger partial charge < -0.3 is 14.2 Å². The van der Waals surface area contributed by atoms with Crippen molar-refractivity contribution in [1.29, 1.82) is 0 Å². The lowest BCUT2D eigenvalue weighted by Crippen LogP contribution is -2.53. The normalized spacial score (nSPS) is 20.8. The van der Waals surface area contributed by atoms with E-state index in [1.54, 1.807) is 23.6 Å². The van der Waals surface area contributed by atoms with Gasteiger partial charge in [-0.2, -0.15) is 0 Å². The quantitative estimate of drug-likeness (QED) is 0.447. The maximum atomic E-state index is 12.0. The number of β-lactam (4-membered cyclic amide) rings is 1. The van der Waals surface area contributed by atoms with Crippen molar-refractivity contribution in [3.05, 3.63) is 41.8 Å². The summed E-state index contributed by atoms with van der Waals surface area (Å²) in [5.74, 6) is 1.61. The van der Waals surface area contributed by atoms with Gasteiger partial charge in [-0.25, -0.2) is 0 Å². The van der Waals surface area contributed by atoms with Crippen LogP contribution in [0.25, 0.3) is 0 Å². The molecule has 6 nitrogen and oxygen atoms in total. The number of esters is 1. The Hall–Kier alpha value is -2.15. The molecule has 0 aliphatic carbocycles. The first-order valence-electron chi connectivity index (χ1n) is 7.72. The van der Waals surface area contributed by atoms with Crippen molar-refractivity contribution in [3.63, 3.8) is 0 Å². The third-order valence-electron chi connectivity index (χ3n) is 3.68. The van der Waals surface area contributed by atoms with Gasteiger partial charge in [0.25, 0.3) is 0 Å². The number of carbonyl (C=O) groups excluding carboxylic acids is 2. The molecular weight excluding hydrogens is 330 g/mol. The van der Waals surface area contributed by atoms with Crippen molar-refractivity contribution in [2.24, 2.45) is 0 Å². The molecule has 0 spiro atoms. The number of thioether (sulfide) groups is 1. The maximum absolute atomic E-state index is 12.0. The van der Waals surface area contributed by atoms with Gasteiger partial charge in [-0.3, -0.25) is 14.5 Å². The van der Waals surface area contributed by atoms with Gasteiger partial charge in [-0.1, -0.05) is 18.2 Å². The Morgan fingerprint density at radius 1 is 1.38 bits per heavy atom. The summed E-state index contributed by atoms with van der Waals surface area (Å²) < 4.78 is 16.6. The number of fused-ring (bicyclic) bond motifs is 1. The van der Waals surface area contributed by atoms with Crippen LogP contribution in [0.4, 0.5) is 0 Å². The van der Waals surface area contributed by atoms with Crippen molar-refractivity contribution in [3.8, 4) is 5.75 Å². The molecule has 1 unspecified atom stereocenters. The molecule has 24 heavy (non-hydrogen) atoms. The van der Waals surface area contributed by atoms with Gasteiger partial charge in [0.1, 0.15) is 18.1 Å². The van der Waals surface area contributed by atoms with E-state index in [-0.39, 0.29) is 17.9 Å². The fourth-order valence-electron chi connectivity index (χ4n) is 2.61. The van der Waals surface area contributed by atoms with Crippen LogP contribution in [0.5, 0.6) is 5.75 Å². The first kappa shape index (κ1) is 16.7. The molecule has 0 aromatic heterocycles. The Balaban J connectivity index is 1.76. The van der Waals surface area contributed by atoms with E-state index in [0.29, 0.717) is 23.6 Å². The summed E-state index contributed by atoms with van der Waals surface area (Å²) in [6.07, 6.45) is -0.176. The molecule has 0 radical (unpaired) electrons. The highest BCUT2D eigenvalue weighted by Crippen LogP contribution is 2.40. The molecule has 2 aliphatic rings. The molecule has 1 aromatic rings. The Bertz CT molecular complexity index is 660. The number of hydrogen-bond acceptors (Lipinski definition) is 6. The van der Waals surface area contributed by atoms with Crippen molar-refractivity contribution < 1.29 is 23.8 Å². The summed E-state index contributed by atoms with van der Waals surface area (Å²) in [6, 6.07) is 9.40. The SMILES string of the molecule is CC(=O)OC(C)OC1=C(COc2ccccc2)N2C(=O)C[C@@H]2SC1. The molecule has 1 aromatic carbocycles. The number of para-hydroxylation sites is 1. The average molecular weight is 349 g/mol. The summed E-state index contributed by atoms with van der Waals surface area (Å²) in [7, 11) is 0. The van der Waals surface area contributed by atoms with E-state index in [1.807, 2.05) is 30.3 Å². The number of amides is 1. The minimum Gasteiger partial charge on any atom is -0.487 e. The summed E-state index contributed by atoms with van der Waals surface area (Å²) in [4.78, 5) is 24.7. The number of hydrogen-bond donors (Lipinski definition) is 0. The largest absolute Gasteiger partial charge is 0.487 e. The van der Waals surface area contributed by atoms with E-state index < -0.39 is 12.3 Å². The van der Waals surface area contributed by atoms with Gasteiger partial charge in [0.05, 0.1) is 23.2 Å². The molecule has 2 aliphatic heterocycles. The topological polar surface area (TPSA) is 65.1 Å². The molecule has 3 rings (SSSR count). The monoisotopic (exact) mass is 349 g/mol. The van der Waals surface area contributed by atoms with Crippen molar-refractivity contribution in [2.45, 2.75) is 31.9 Å². The molecule has 7 heteroatoms. The average Bonchev–Trinajstić information content (AvgIpc) is 2.53. The molecule has 128 valence electrons. The van der Waals surface area contributed by atoms with Gasteiger partial charge in [0, 0.05) is 13.8 Å². The zero-order chi connectivity index (χ0) is 17.1. The molecule has 1 amide bonds. The molecule has 1 saturated heterocycles. The van der Waals surface area contributed by atoms with Crippen molar-refractivity contribution >= 4 is 23.6 Å². The van der Waals surface area contributed by atoms with E-state index in [1.165, 1.54) is 6.92 Å². The summed E-state index contributed by atoms with van der Waals surface area (Å²) in [5.41, 5.74) is 0.706. The minimum atomic E-state index is -0.710. The van der Waals surface area contributed by atoms with Gasteiger partial charge in [-0.15, -0.1) is 11.8 Å². The van der Waals surface area contributed by atoms with Gasteiger partial charge >= 0.3 is 5.97 Å². The fourth-order valence-corrected chi connectivity index (χ4v) is 3.85. The highest BCUT2D eigenvalue weighted by Gasteiger charge is 2.44. The molecule has 0 N–H and O–H groups in total. The summed E-state index contributed by atoms with van der Waals surface area (Å²) in [6.45, 7) is 3.21. The van der Waals surface area contributed by atoms with Gasteiger partial charge in [0.15, 0.2) is 0 Å². The second kappa shape index (κ2) is 7.17. The number of rotatable bonds is 6. The van der Waals surface area contributed by atoms with Crippen LogP contribution in [0.1, 0.15) is 20.3 Å². The van der Waals surface area contributed by atoms with E-state index in [0.717, 1.165) is 5.75 Å². The Morgan fingerprint density at radius 2 is 2.12 bits per heavy atom. The van der Waals surface area contributed by atoms with Crippen LogP contribution >= 0.6 is 11.8 Å². The Kier molecular flexibility index (Phi) is 4.99. The number of carbonyl (C=O) groups is 2. The second-order valence-electron chi connectivity index (χ2n) is 5.50. The smallest absolute Gasteiger partial charge is 0.305 e. The van der Waals surface area contributed by atoms with E-state index in [2.05, 4.69) is 0 Å².